The van der Waals surface area contributed by atoms with Crippen LogP contribution >= 0.6 is 22.6 Å². The molecule has 3 nitrogen and oxygen atoms in total. The summed E-state index contributed by atoms with van der Waals surface area (Å²) in [5.41, 5.74) is 1.47. The van der Waals surface area contributed by atoms with Gasteiger partial charge in [-0.25, -0.2) is 4.79 Å². The second-order valence-corrected chi connectivity index (χ2v) is 4.94. The van der Waals surface area contributed by atoms with Crippen LogP contribution in [0.5, 0.6) is 0 Å². The molecule has 2 rings (SSSR count). The van der Waals surface area contributed by atoms with Crippen LogP contribution in [0.25, 0.3) is 11.0 Å². The molecular formula is C13H14INO2. The first-order valence-corrected chi connectivity index (χ1v) is 6.72. The third kappa shape index (κ3) is 2.46. The van der Waals surface area contributed by atoms with Gasteiger partial charge in [-0.3, -0.25) is 0 Å². The van der Waals surface area contributed by atoms with Crippen molar-refractivity contribution in [3.63, 3.8) is 0 Å². The average Bonchev–Trinajstić information content (AvgIpc) is 2.32. The Balaban J connectivity index is 2.57. The van der Waals surface area contributed by atoms with Crippen LogP contribution in [0.4, 0.5) is 5.69 Å². The molecule has 0 aliphatic heterocycles. The van der Waals surface area contributed by atoms with E-state index in [1.807, 2.05) is 40.8 Å². The van der Waals surface area contributed by atoms with E-state index in [9.17, 15) is 4.79 Å². The first-order chi connectivity index (χ1) is 8.15. The minimum absolute atomic E-state index is 0.269. The summed E-state index contributed by atoms with van der Waals surface area (Å²) in [5, 5.41) is 0.963. The van der Waals surface area contributed by atoms with E-state index in [1.165, 1.54) is 0 Å². The Bertz CT molecular complexity index is 587. The van der Waals surface area contributed by atoms with Gasteiger partial charge in [0.25, 0.3) is 0 Å². The van der Waals surface area contributed by atoms with Crippen molar-refractivity contribution < 1.29 is 4.42 Å². The Labute approximate surface area is 114 Å². The van der Waals surface area contributed by atoms with E-state index in [1.54, 1.807) is 0 Å². The van der Waals surface area contributed by atoms with Crippen molar-refractivity contribution in [3.05, 3.63) is 38.3 Å². The van der Waals surface area contributed by atoms with Gasteiger partial charge in [0.15, 0.2) is 0 Å². The van der Waals surface area contributed by atoms with Gasteiger partial charge in [-0.1, -0.05) is 0 Å². The molecule has 0 saturated heterocycles. The summed E-state index contributed by atoms with van der Waals surface area (Å²) in [6, 6.07) is 7.84. The van der Waals surface area contributed by atoms with Crippen LogP contribution in [0.3, 0.4) is 0 Å². The van der Waals surface area contributed by atoms with E-state index in [-0.39, 0.29) is 5.63 Å². The van der Waals surface area contributed by atoms with Gasteiger partial charge >= 0.3 is 5.63 Å². The molecule has 1 aromatic heterocycles. The van der Waals surface area contributed by atoms with E-state index >= 15 is 0 Å². The predicted molar refractivity (Wildman–Crippen MR) is 78.8 cm³/mol. The van der Waals surface area contributed by atoms with E-state index in [4.69, 9.17) is 4.42 Å². The maximum absolute atomic E-state index is 11.5. The maximum atomic E-state index is 11.5. The molecule has 0 amide bonds. The quantitative estimate of drug-likeness (QED) is 0.634. The number of fused-ring (bicyclic) bond motifs is 1. The Morgan fingerprint density at radius 1 is 1.24 bits per heavy atom. The lowest BCUT2D eigenvalue weighted by Crippen LogP contribution is -2.21. The number of hydrogen-bond donors (Lipinski definition) is 0. The fraction of sp³-hybridized carbons (Fsp3) is 0.308. The third-order valence-electron chi connectivity index (χ3n) is 2.81. The predicted octanol–water partition coefficient (Wildman–Crippen LogP) is 3.24. The molecule has 1 heterocycles. The monoisotopic (exact) mass is 343 g/mol. The Morgan fingerprint density at radius 2 is 1.94 bits per heavy atom. The summed E-state index contributed by atoms with van der Waals surface area (Å²) in [6.07, 6.45) is 0. The Morgan fingerprint density at radius 3 is 2.59 bits per heavy atom. The molecule has 0 N–H and O–H groups in total. The van der Waals surface area contributed by atoms with Gasteiger partial charge in [0.2, 0.25) is 0 Å². The van der Waals surface area contributed by atoms with E-state index < -0.39 is 0 Å². The zero-order valence-electron chi connectivity index (χ0n) is 9.87. The molecule has 17 heavy (non-hydrogen) atoms. The molecule has 0 spiro atoms. The number of rotatable bonds is 3. The summed E-state index contributed by atoms with van der Waals surface area (Å²) in [5.74, 6) is 0. The molecule has 0 atom stereocenters. The summed E-state index contributed by atoms with van der Waals surface area (Å²) in [6.45, 7) is 6.10. The molecule has 4 heteroatoms. The van der Waals surface area contributed by atoms with E-state index in [2.05, 4.69) is 24.8 Å². The standard InChI is InChI=1S/C13H14INO2/c1-3-15(4-2)10-6-5-9-7-11(14)13(16)17-12(9)8-10/h5-8H,3-4H2,1-2H3. The first kappa shape index (κ1) is 12.4. The average molecular weight is 343 g/mol. The molecule has 0 saturated carbocycles. The van der Waals surface area contributed by atoms with Crippen LogP contribution in [0, 0.1) is 3.57 Å². The zero-order chi connectivity index (χ0) is 12.4. The van der Waals surface area contributed by atoms with E-state index in [0.29, 0.717) is 9.15 Å². The molecule has 0 aliphatic rings. The Hall–Kier alpha value is -1.04. The second kappa shape index (κ2) is 5.08. The maximum Gasteiger partial charge on any atom is 0.349 e. The van der Waals surface area contributed by atoms with Crippen molar-refractivity contribution in [1.29, 1.82) is 0 Å². The van der Waals surface area contributed by atoms with Crippen molar-refractivity contribution in [3.8, 4) is 0 Å². The highest BCUT2D eigenvalue weighted by atomic mass is 127. The van der Waals surface area contributed by atoms with Gasteiger partial charge in [-0.2, -0.15) is 0 Å². The summed E-state index contributed by atoms with van der Waals surface area (Å²) in [7, 11) is 0. The minimum atomic E-state index is -0.269. The SMILES string of the molecule is CCN(CC)c1ccc2cc(I)c(=O)oc2c1. The number of halogens is 1. The number of hydrogen-bond acceptors (Lipinski definition) is 3. The van der Waals surface area contributed by atoms with Crippen LogP contribution in [-0.4, -0.2) is 13.1 Å². The van der Waals surface area contributed by atoms with E-state index in [0.717, 1.165) is 24.2 Å². The van der Waals surface area contributed by atoms with Gasteiger partial charge in [0.05, 0.1) is 3.57 Å². The zero-order valence-corrected chi connectivity index (χ0v) is 12.0. The first-order valence-electron chi connectivity index (χ1n) is 5.64. The minimum Gasteiger partial charge on any atom is -0.422 e. The van der Waals surface area contributed by atoms with Crippen LogP contribution in [0.15, 0.2) is 33.5 Å². The highest BCUT2D eigenvalue weighted by Gasteiger charge is 2.06. The molecule has 0 fully saturated rings. The lowest BCUT2D eigenvalue weighted by molar-refractivity contribution is 0.556. The topological polar surface area (TPSA) is 33.5 Å². The van der Waals surface area contributed by atoms with Crippen LogP contribution in [-0.2, 0) is 0 Å². The summed E-state index contributed by atoms with van der Waals surface area (Å²) in [4.78, 5) is 13.7. The molecule has 0 aliphatic carbocycles. The summed E-state index contributed by atoms with van der Waals surface area (Å²) >= 11 is 1.99. The fourth-order valence-corrected chi connectivity index (χ4v) is 2.31. The van der Waals surface area contributed by atoms with Gasteiger partial charge in [0, 0.05) is 30.2 Å². The highest BCUT2D eigenvalue weighted by molar-refractivity contribution is 14.1. The molecule has 90 valence electrons. The lowest BCUT2D eigenvalue weighted by atomic mass is 10.2. The second-order valence-electron chi connectivity index (χ2n) is 3.78. The van der Waals surface area contributed by atoms with Crippen molar-refractivity contribution in [2.45, 2.75) is 13.8 Å². The van der Waals surface area contributed by atoms with Crippen molar-refractivity contribution in [1.82, 2.24) is 0 Å². The molecule has 0 unspecified atom stereocenters. The van der Waals surface area contributed by atoms with Gasteiger partial charge in [0.1, 0.15) is 5.58 Å². The highest BCUT2D eigenvalue weighted by Crippen LogP contribution is 2.22. The van der Waals surface area contributed by atoms with Crippen molar-refractivity contribution >= 4 is 39.2 Å². The summed E-state index contributed by atoms with van der Waals surface area (Å²) < 4.78 is 5.90. The number of benzene rings is 1. The van der Waals surface area contributed by atoms with Gasteiger partial charge in [-0.15, -0.1) is 0 Å². The fourth-order valence-electron chi connectivity index (χ4n) is 1.86. The molecule has 2 aromatic rings. The third-order valence-corrected chi connectivity index (χ3v) is 3.56. The molecule has 0 radical (unpaired) electrons. The van der Waals surface area contributed by atoms with Gasteiger partial charge in [-0.05, 0) is 54.6 Å². The van der Waals surface area contributed by atoms with Crippen molar-refractivity contribution in [2.24, 2.45) is 0 Å². The van der Waals surface area contributed by atoms with Crippen molar-refractivity contribution in [2.75, 3.05) is 18.0 Å². The van der Waals surface area contributed by atoms with Crippen LogP contribution in [0.2, 0.25) is 0 Å². The molecule has 0 bridgehead atoms. The normalized spacial score (nSPS) is 10.8. The number of anilines is 1. The van der Waals surface area contributed by atoms with Gasteiger partial charge < -0.3 is 9.32 Å². The smallest absolute Gasteiger partial charge is 0.349 e. The lowest BCUT2D eigenvalue weighted by Gasteiger charge is -2.20. The molecule has 1 aromatic carbocycles. The molecular weight excluding hydrogens is 329 g/mol. The van der Waals surface area contributed by atoms with Crippen LogP contribution in [0.1, 0.15) is 13.8 Å². The largest absolute Gasteiger partial charge is 0.422 e. The Kier molecular flexibility index (Phi) is 3.71. The number of nitrogens with zero attached hydrogens (tertiary/aromatic N) is 1. The van der Waals surface area contributed by atoms with Crippen LogP contribution < -0.4 is 10.5 Å².